The van der Waals surface area contributed by atoms with E-state index in [1.165, 1.54) is 6.92 Å². The largest absolute Gasteiger partial charge is 0.462 e. The lowest BCUT2D eigenvalue weighted by atomic mass is 9.76. The van der Waals surface area contributed by atoms with E-state index in [-0.39, 0.29) is 17.5 Å². The molecule has 1 saturated heterocycles. The summed E-state index contributed by atoms with van der Waals surface area (Å²) in [6.07, 6.45) is 3.47. The molecular formula is C17H26O5. The van der Waals surface area contributed by atoms with Crippen molar-refractivity contribution in [2.75, 3.05) is 0 Å². The molecule has 0 aromatic heterocycles. The van der Waals surface area contributed by atoms with Gasteiger partial charge in [-0.05, 0) is 38.0 Å². The highest BCUT2D eigenvalue weighted by atomic mass is 16.6. The standard InChI is InChI=1S/C17H26O5/c1-11(18)21-13-8-12-6-5-7-17(4,22-15(12)20)14(19)10-16(2,3)9-13/h6,13-14,19H,5,7-10H2,1-4H3. The van der Waals surface area contributed by atoms with Crippen LogP contribution in [0.3, 0.4) is 0 Å². The molecule has 124 valence electrons. The van der Waals surface area contributed by atoms with Crippen molar-refractivity contribution in [3.05, 3.63) is 11.6 Å². The van der Waals surface area contributed by atoms with Crippen LogP contribution in [-0.2, 0) is 19.1 Å². The molecule has 0 saturated carbocycles. The number of aliphatic hydroxyl groups excluding tert-OH is 1. The molecule has 3 unspecified atom stereocenters. The van der Waals surface area contributed by atoms with E-state index >= 15 is 0 Å². The third kappa shape index (κ3) is 3.88. The third-order valence-electron chi connectivity index (χ3n) is 4.63. The average Bonchev–Trinajstić information content (AvgIpc) is 2.47. The zero-order chi connectivity index (χ0) is 16.5. The first kappa shape index (κ1) is 17.0. The Hall–Kier alpha value is -1.36. The van der Waals surface area contributed by atoms with E-state index in [1.807, 2.05) is 19.9 Å². The lowest BCUT2D eigenvalue weighted by molar-refractivity contribution is -0.172. The fourth-order valence-corrected chi connectivity index (χ4v) is 3.42. The van der Waals surface area contributed by atoms with Crippen molar-refractivity contribution in [1.82, 2.24) is 0 Å². The predicted molar refractivity (Wildman–Crippen MR) is 81.0 cm³/mol. The van der Waals surface area contributed by atoms with Crippen molar-refractivity contribution in [2.24, 2.45) is 5.41 Å². The maximum absolute atomic E-state index is 12.3. The molecule has 0 aromatic rings. The molecular weight excluding hydrogens is 284 g/mol. The number of carbonyl (C=O) groups excluding carboxylic acids is 2. The molecule has 1 fully saturated rings. The second kappa shape index (κ2) is 6.03. The smallest absolute Gasteiger partial charge is 0.334 e. The van der Waals surface area contributed by atoms with Crippen molar-refractivity contribution in [3.8, 4) is 0 Å². The van der Waals surface area contributed by atoms with Gasteiger partial charge in [0.1, 0.15) is 11.7 Å². The molecule has 22 heavy (non-hydrogen) atoms. The van der Waals surface area contributed by atoms with E-state index < -0.39 is 17.7 Å². The van der Waals surface area contributed by atoms with Gasteiger partial charge in [-0.2, -0.15) is 0 Å². The molecule has 0 amide bonds. The summed E-state index contributed by atoms with van der Waals surface area (Å²) < 4.78 is 11.0. The van der Waals surface area contributed by atoms with Crippen LogP contribution < -0.4 is 0 Å². The van der Waals surface area contributed by atoms with Crippen LogP contribution in [0.1, 0.15) is 59.8 Å². The van der Waals surface area contributed by atoms with E-state index in [0.29, 0.717) is 37.7 Å². The van der Waals surface area contributed by atoms with Gasteiger partial charge in [0.25, 0.3) is 0 Å². The van der Waals surface area contributed by atoms with Gasteiger partial charge in [0.15, 0.2) is 0 Å². The van der Waals surface area contributed by atoms with Crippen LogP contribution in [0.4, 0.5) is 0 Å². The molecule has 1 N–H and O–H groups in total. The van der Waals surface area contributed by atoms with Crippen molar-refractivity contribution in [2.45, 2.75) is 77.6 Å². The highest BCUT2D eigenvalue weighted by molar-refractivity contribution is 5.89. The van der Waals surface area contributed by atoms with Crippen LogP contribution in [0.5, 0.6) is 0 Å². The molecule has 2 aliphatic heterocycles. The zero-order valence-electron chi connectivity index (χ0n) is 13.8. The molecule has 3 atom stereocenters. The Kier molecular flexibility index (Phi) is 4.66. The molecule has 0 radical (unpaired) electrons. The summed E-state index contributed by atoms with van der Waals surface area (Å²) >= 11 is 0. The minimum atomic E-state index is -0.860. The van der Waals surface area contributed by atoms with E-state index in [0.717, 1.165) is 0 Å². The predicted octanol–water partition coefficient (Wildman–Crippen LogP) is 2.51. The fraction of sp³-hybridized carbons (Fsp3) is 0.765. The summed E-state index contributed by atoms with van der Waals surface area (Å²) in [6, 6.07) is 0. The summed E-state index contributed by atoms with van der Waals surface area (Å²) in [5.74, 6) is -0.762. The molecule has 5 nitrogen and oxygen atoms in total. The average molecular weight is 310 g/mol. The number of ether oxygens (including phenoxy) is 2. The van der Waals surface area contributed by atoms with E-state index in [4.69, 9.17) is 9.47 Å². The van der Waals surface area contributed by atoms with Crippen LogP contribution in [0.25, 0.3) is 0 Å². The van der Waals surface area contributed by atoms with Crippen molar-refractivity contribution < 1.29 is 24.2 Å². The zero-order valence-corrected chi connectivity index (χ0v) is 13.8. The van der Waals surface area contributed by atoms with Crippen molar-refractivity contribution >= 4 is 11.9 Å². The summed E-state index contributed by atoms with van der Waals surface area (Å²) in [6.45, 7) is 7.25. The van der Waals surface area contributed by atoms with Crippen LogP contribution in [-0.4, -0.2) is 34.9 Å². The van der Waals surface area contributed by atoms with Gasteiger partial charge in [-0.3, -0.25) is 4.79 Å². The second-order valence-corrected chi connectivity index (χ2v) is 7.49. The Balaban J connectivity index is 2.35. The number of aliphatic hydroxyl groups is 1. The monoisotopic (exact) mass is 310 g/mol. The second-order valence-electron chi connectivity index (χ2n) is 7.49. The first-order valence-electron chi connectivity index (χ1n) is 7.89. The third-order valence-corrected chi connectivity index (χ3v) is 4.63. The summed E-state index contributed by atoms with van der Waals surface area (Å²) in [7, 11) is 0. The van der Waals surface area contributed by atoms with Crippen molar-refractivity contribution in [3.63, 3.8) is 0 Å². The van der Waals surface area contributed by atoms with Crippen LogP contribution >= 0.6 is 0 Å². The van der Waals surface area contributed by atoms with E-state index in [9.17, 15) is 14.7 Å². The molecule has 2 heterocycles. The Morgan fingerprint density at radius 2 is 2.05 bits per heavy atom. The van der Waals surface area contributed by atoms with Crippen LogP contribution in [0.15, 0.2) is 11.6 Å². The van der Waals surface area contributed by atoms with Gasteiger partial charge >= 0.3 is 11.9 Å². The summed E-state index contributed by atoms with van der Waals surface area (Å²) in [5.41, 5.74) is -0.541. The maximum atomic E-state index is 12.3. The van der Waals surface area contributed by atoms with Crippen molar-refractivity contribution in [1.29, 1.82) is 0 Å². The highest BCUT2D eigenvalue weighted by Gasteiger charge is 2.43. The summed E-state index contributed by atoms with van der Waals surface area (Å²) in [5, 5.41) is 10.6. The van der Waals surface area contributed by atoms with Gasteiger partial charge in [-0.15, -0.1) is 0 Å². The molecule has 2 rings (SSSR count). The van der Waals surface area contributed by atoms with Gasteiger partial charge in [0.2, 0.25) is 0 Å². The minimum absolute atomic E-state index is 0.222. The Morgan fingerprint density at radius 1 is 1.36 bits per heavy atom. The Morgan fingerprint density at radius 3 is 2.68 bits per heavy atom. The number of rotatable bonds is 1. The number of carbonyl (C=O) groups is 2. The normalized spacial score (nSPS) is 35.1. The topological polar surface area (TPSA) is 72.8 Å². The highest BCUT2D eigenvalue weighted by Crippen LogP contribution is 2.39. The number of hydrogen-bond acceptors (Lipinski definition) is 5. The first-order chi connectivity index (χ1) is 10.1. The Labute approximate surface area is 131 Å². The van der Waals surface area contributed by atoms with E-state index in [1.54, 1.807) is 6.92 Å². The lowest BCUT2D eigenvalue weighted by Gasteiger charge is -2.39. The van der Waals surface area contributed by atoms with Crippen LogP contribution in [0.2, 0.25) is 0 Å². The molecule has 0 spiro atoms. The number of hydrogen-bond donors (Lipinski definition) is 1. The fourth-order valence-electron chi connectivity index (χ4n) is 3.42. The number of allylic oxidation sites excluding steroid dienone is 1. The van der Waals surface area contributed by atoms with E-state index in [2.05, 4.69) is 0 Å². The van der Waals surface area contributed by atoms with Gasteiger partial charge in [0.05, 0.1) is 6.10 Å². The van der Waals surface area contributed by atoms with Gasteiger partial charge in [-0.25, -0.2) is 4.79 Å². The molecule has 0 aromatic carbocycles. The minimum Gasteiger partial charge on any atom is -0.462 e. The quantitative estimate of drug-likeness (QED) is 0.753. The molecule has 0 aliphatic carbocycles. The number of fused-ring (bicyclic) bond motifs is 3. The molecule has 5 heteroatoms. The summed E-state index contributed by atoms with van der Waals surface area (Å²) in [4.78, 5) is 23.7. The number of esters is 2. The Bertz CT molecular complexity index is 493. The molecule has 2 bridgehead atoms. The lowest BCUT2D eigenvalue weighted by Crippen LogP contribution is -2.46. The van der Waals surface area contributed by atoms with Gasteiger partial charge < -0.3 is 14.6 Å². The maximum Gasteiger partial charge on any atom is 0.334 e. The molecule has 2 aliphatic rings. The van der Waals surface area contributed by atoms with Gasteiger partial charge in [0, 0.05) is 18.9 Å². The van der Waals surface area contributed by atoms with Gasteiger partial charge in [-0.1, -0.05) is 19.9 Å². The SMILES string of the molecule is CC(=O)OC1CC2=CCCC(C)(OC2=O)C(O)CC(C)(C)C1. The first-order valence-corrected chi connectivity index (χ1v) is 7.89. The van der Waals surface area contributed by atoms with Crippen LogP contribution in [0, 0.1) is 5.41 Å².